The molecular weight excluding hydrogens is 1200 g/mol. The molecule has 0 radical (unpaired) electrons. The molecule has 21 nitrogen and oxygen atoms in total. The van der Waals surface area contributed by atoms with Gasteiger partial charge < -0.3 is 50.9 Å². The number of nitrogens with two attached hydrogens (primary N) is 1. The summed E-state index contributed by atoms with van der Waals surface area (Å²) in [5.41, 5.74) is 13.8. The molecule has 4 saturated heterocycles. The number of rotatable bonds is 14. The van der Waals surface area contributed by atoms with E-state index < -0.39 is 5.24 Å². The van der Waals surface area contributed by atoms with E-state index in [0.717, 1.165) is 85.3 Å². The predicted molar refractivity (Wildman–Crippen MR) is 348 cm³/mol. The zero-order chi connectivity index (χ0) is 61.6. The fourth-order valence-corrected chi connectivity index (χ4v) is 10.5. The van der Waals surface area contributed by atoms with Gasteiger partial charge in [-0.2, -0.15) is 0 Å². The fraction of sp³-hybridized carbons (Fsp3) is 0.292. The van der Waals surface area contributed by atoms with Crippen LogP contribution >= 0.6 is 27.5 Å². The second kappa shape index (κ2) is 31.9. The molecule has 0 aliphatic carbocycles. The van der Waals surface area contributed by atoms with Crippen molar-refractivity contribution in [2.75, 3.05) is 99.3 Å². The minimum Gasteiger partial charge on any atom is -0.399 e. The largest absolute Gasteiger partial charge is 0.399 e. The lowest BCUT2D eigenvalue weighted by molar-refractivity contribution is -0.112. The highest BCUT2D eigenvalue weighted by atomic mass is 79.9. The maximum atomic E-state index is 13.2. The van der Waals surface area contributed by atoms with Crippen LogP contribution in [0.2, 0.25) is 0 Å². The molecule has 3 amide bonds. The summed E-state index contributed by atoms with van der Waals surface area (Å²) in [7, 11) is 0. The number of alkyl halides is 1. The number of carbonyl (C=O) groups excluding carboxylic acids is 4. The number of ether oxygens (including phenoxy) is 2. The van der Waals surface area contributed by atoms with E-state index in [9.17, 15) is 19.2 Å². The van der Waals surface area contributed by atoms with Crippen molar-refractivity contribution in [2.45, 2.75) is 44.2 Å². The topological polar surface area (TPSA) is 250 Å². The average molecular weight is 1270 g/mol. The van der Waals surface area contributed by atoms with Crippen LogP contribution in [0.3, 0.4) is 0 Å². The number of anilines is 4. The maximum Gasteiger partial charge on any atom is 0.253 e. The van der Waals surface area contributed by atoms with Crippen molar-refractivity contribution in [3.05, 3.63) is 180 Å². The molecular formula is C65H67BrClN15O6. The first-order chi connectivity index (χ1) is 43.0. The Morgan fingerprint density at radius 1 is 0.659 bits per heavy atom. The molecule has 452 valence electrons. The van der Waals surface area contributed by atoms with Gasteiger partial charge in [0.05, 0.1) is 37.7 Å². The lowest BCUT2D eigenvalue weighted by Crippen LogP contribution is -2.36. The number of benzene rings is 4. The van der Waals surface area contributed by atoms with Gasteiger partial charge in [0.1, 0.15) is 0 Å². The van der Waals surface area contributed by atoms with Gasteiger partial charge in [0.25, 0.3) is 11.8 Å². The quantitative estimate of drug-likeness (QED) is 0.0195. The Bertz CT molecular complexity index is 3820. The zero-order valence-corrected chi connectivity index (χ0v) is 50.7. The van der Waals surface area contributed by atoms with Gasteiger partial charge in [-0.25, -0.2) is 29.6 Å². The van der Waals surface area contributed by atoms with E-state index in [2.05, 4.69) is 71.4 Å². The van der Waals surface area contributed by atoms with Crippen molar-refractivity contribution in [1.82, 2.24) is 44.6 Å². The van der Waals surface area contributed by atoms with Crippen LogP contribution in [0.1, 0.15) is 52.8 Å². The number of para-hydroxylation sites is 2. The molecule has 0 saturated carbocycles. The fourth-order valence-electron chi connectivity index (χ4n) is 10.3. The van der Waals surface area contributed by atoms with Gasteiger partial charge in [-0.3, -0.25) is 24.1 Å². The summed E-state index contributed by atoms with van der Waals surface area (Å²) in [6, 6.07) is 29.7. The number of aromatic nitrogens is 6. The number of fused-ring (bicyclic) bond motifs is 2. The van der Waals surface area contributed by atoms with E-state index in [4.69, 9.17) is 44.9 Å². The number of H-pyrrole nitrogens is 2. The number of aromatic amines is 2. The average Bonchev–Trinajstić information content (AvgIpc) is 2.38. The van der Waals surface area contributed by atoms with Crippen LogP contribution in [0, 0.1) is 13.1 Å². The molecule has 7 N–H and O–H groups in total. The van der Waals surface area contributed by atoms with Gasteiger partial charge >= 0.3 is 0 Å². The van der Waals surface area contributed by atoms with Gasteiger partial charge in [0.15, 0.2) is 0 Å². The highest BCUT2D eigenvalue weighted by Gasteiger charge is 2.30. The van der Waals surface area contributed by atoms with Gasteiger partial charge in [-0.1, -0.05) is 64.5 Å². The smallest absolute Gasteiger partial charge is 0.253 e. The van der Waals surface area contributed by atoms with Gasteiger partial charge in [-0.15, -0.1) is 0 Å². The number of nitrogens with one attached hydrogen (secondary N) is 5. The van der Waals surface area contributed by atoms with Crippen LogP contribution in [0.25, 0.3) is 54.0 Å². The van der Waals surface area contributed by atoms with Crippen molar-refractivity contribution in [1.29, 1.82) is 0 Å². The third-order valence-corrected chi connectivity index (χ3v) is 15.3. The summed E-state index contributed by atoms with van der Waals surface area (Å²) in [6.07, 6.45) is 18.6. The molecule has 8 aromatic rings. The first kappa shape index (κ1) is 63.2. The van der Waals surface area contributed by atoms with E-state index in [0.29, 0.717) is 95.2 Å². The molecule has 88 heavy (non-hydrogen) atoms. The van der Waals surface area contributed by atoms with Crippen LogP contribution < -0.4 is 21.7 Å². The monoisotopic (exact) mass is 1270 g/mol. The highest BCUT2D eigenvalue weighted by molar-refractivity contribution is 9.09. The first-order valence-electron chi connectivity index (χ1n) is 28.9. The van der Waals surface area contributed by atoms with Gasteiger partial charge in [-0.05, 0) is 110 Å². The normalized spacial score (nSPS) is 16.5. The van der Waals surface area contributed by atoms with Crippen LogP contribution in [-0.4, -0.2) is 157 Å². The Morgan fingerprint density at radius 2 is 1.16 bits per heavy atom. The lowest BCUT2D eigenvalue weighted by Gasteiger charge is -2.25. The molecule has 4 aromatic carbocycles. The molecule has 2 atom stereocenters. The minimum absolute atomic E-state index is 0.0157. The van der Waals surface area contributed by atoms with Gasteiger partial charge in [0.2, 0.25) is 34.4 Å². The molecule has 12 rings (SSSR count). The Hall–Kier alpha value is -9.29. The second-order valence-corrected chi connectivity index (χ2v) is 21.9. The number of morpholine rings is 1. The zero-order valence-electron chi connectivity index (χ0n) is 48.3. The summed E-state index contributed by atoms with van der Waals surface area (Å²) in [4.78, 5) is 85.7. The molecule has 4 fully saturated rings. The summed E-state index contributed by atoms with van der Waals surface area (Å²) < 4.78 is 10.4. The molecule has 4 aliphatic heterocycles. The molecule has 0 spiro atoms. The standard InChI is InChI=1S/C32H32N8O3.C24H21N7O.C5H10O.C4H4BrClO/c1-33-28-20-35-32(38-30(28)26-19-34-27-6-3-2-5-25(26)27)37-24-12-14-40(21-24)31(42)22-8-10-23(11-9-22)36-29(41)7-4-13-39-15-17-43-18-16-39;1-26-21-13-28-24(30-22(21)19-12-27-20-5-3-2-4-18(19)20)29-17-10-11-31(14-17)23(32)15-6-8-16(25)9-7-15;1-2-4-6-5-3-1;5-3-1-2-4(6)7/h2-11,19-20,24,34H,12-18,21H2,(H,36,41)(H,35,37,38);2-9,12-13,17,27H,10-11,14,25H2,(H,28,29,30);1-5H2;1-2H,3H2/b7-4+;;;2-1+/t24-;17-;;/m11../s1. The van der Waals surface area contributed by atoms with E-state index in [1.165, 1.54) is 37.6 Å². The number of allylic oxidation sites excluding steroid dienone is 2. The Morgan fingerprint density at radius 3 is 1.61 bits per heavy atom. The van der Waals surface area contributed by atoms with E-state index in [1.54, 1.807) is 65.7 Å². The molecule has 0 bridgehead atoms. The number of halogens is 2. The van der Waals surface area contributed by atoms with Crippen LogP contribution in [0.15, 0.2) is 146 Å². The Kier molecular flexibility index (Phi) is 22.9. The second-order valence-electron chi connectivity index (χ2n) is 20.9. The van der Waals surface area contributed by atoms with Crippen molar-refractivity contribution in [3.8, 4) is 22.5 Å². The number of nitrogens with zero attached hydrogens (tertiary/aromatic N) is 9. The third-order valence-electron chi connectivity index (χ3n) is 14.8. The third kappa shape index (κ3) is 17.5. The molecule has 0 unspecified atom stereocenters. The summed E-state index contributed by atoms with van der Waals surface area (Å²) in [5.74, 6) is 0.574. The number of hydrogen-bond donors (Lipinski definition) is 6. The number of nitrogen functional groups attached to an aromatic ring is 1. The molecule has 4 aliphatic rings. The van der Waals surface area contributed by atoms with Crippen molar-refractivity contribution in [2.24, 2.45) is 0 Å². The van der Waals surface area contributed by atoms with E-state index >= 15 is 0 Å². The Balaban J connectivity index is 0.000000178. The van der Waals surface area contributed by atoms with Gasteiger partial charge in [0, 0.05) is 163 Å². The number of likely N-dealkylation sites (tertiary alicyclic amines) is 2. The van der Waals surface area contributed by atoms with Crippen molar-refractivity contribution in [3.63, 3.8) is 0 Å². The van der Waals surface area contributed by atoms with E-state index in [-0.39, 0.29) is 29.8 Å². The highest BCUT2D eigenvalue weighted by Crippen LogP contribution is 2.36. The van der Waals surface area contributed by atoms with Crippen LogP contribution in [-0.2, 0) is 19.1 Å². The SMILES string of the molecule is C1CCOCC1.O=C(Cl)/C=C/CBr.[C-]#[N+]c1cnc(N[C@@H]2CCN(C(=O)c3ccc(N)cc3)C2)nc1-c1c[nH]c2ccccc12.[C-]#[N+]c1cnc(N[C@@H]2CCN(C(=O)c3ccc(NC(=O)/C=C/CN4CCOCC4)cc3)C2)nc1-c1c[nH]c2ccccc12. The van der Waals surface area contributed by atoms with Crippen LogP contribution in [0.5, 0.6) is 0 Å². The van der Waals surface area contributed by atoms with Crippen molar-refractivity contribution >= 4 is 107 Å². The maximum absolute atomic E-state index is 13.2. The molecule has 4 aromatic heterocycles. The van der Waals surface area contributed by atoms with Crippen LogP contribution in [0.4, 0.5) is 34.6 Å². The first-order valence-corrected chi connectivity index (χ1v) is 30.4. The summed E-state index contributed by atoms with van der Waals surface area (Å²) >= 11 is 7.99. The summed E-state index contributed by atoms with van der Waals surface area (Å²) in [6.45, 7) is 23.3. The molecule has 23 heteroatoms. The predicted octanol–water partition coefficient (Wildman–Crippen LogP) is 11.3. The minimum atomic E-state index is -0.431. The van der Waals surface area contributed by atoms with E-state index in [1.807, 2.05) is 71.9 Å². The van der Waals surface area contributed by atoms with Crippen molar-refractivity contribution < 1.29 is 28.7 Å². The number of hydrogen-bond acceptors (Lipinski definition) is 14. The number of amides is 3. The Labute approximate surface area is 523 Å². The molecule has 8 heterocycles. The summed E-state index contributed by atoms with van der Waals surface area (Å²) in [5, 5.41) is 11.8. The number of carbonyl (C=O) groups is 4. The lowest BCUT2D eigenvalue weighted by atomic mass is 10.1.